The largest absolute Gasteiger partial charge is 0.507 e. The molecule has 0 saturated carbocycles. The van der Waals surface area contributed by atoms with Crippen molar-refractivity contribution in [3.63, 3.8) is 0 Å². The highest BCUT2D eigenvalue weighted by molar-refractivity contribution is 5.91. The highest BCUT2D eigenvalue weighted by atomic mass is 16.6. The van der Waals surface area contributed by atoms with Crippen molar-refractivity contribution in [1.82, 2.24) is 0 Å². The number of esters is 1. The van der Waals surface area contributed by atoms with Gasteiger partial charge in [0.2, 0.25) is 0 Å². The van der Waals surface area contributed by atoms with Gasteiger partial charge in [-0.25, -0.2) is 4.79 Å². The Kier molecular flexibility index (Phi) is 5.30. The third-order valence-electron chi connectivity index (χ3n) is 5.16. The lowest BCUT2D eigenvalue weighted by Gasteiger charge is -2.34. The van der Waals surface area contributed by atoms with Crippen molar-refractivity contribution in [2.45, 2.75) is 18.6 Å². The van der Waals surface area contributed by atoms with Crippen molar-refractivity contribution in [3.05, 3.63) is 64.1 Å². The van der Waals surface area contributed by atoms with Crippen molar-refractivity contribution in [1.29, 1.82) is 0 Å². The van der Waals surface area contributed by atoms with Gasteiger partial charge in [-0.2, -0.15) is 0 Å². The summed E-state index contributed by atoms with van der Waals surface area (Å²) in [7, 11) is 0. The number of fused-ring (bicyclic) bond motifs is 1. The fraction of sp³-hybridized carbons (Fsp3) is 0.136. The van der Waals surface area contributed by atoms with E-state index in [-0.39, 0.29) is 40.5 Å². The predicted molar refractivity (Wildman–Crippen MR) is 111 cm³/mol. The van der Waals surface area contributed by atoms with Crippen LogP contribution in [0.25, 0.3) is 0 Å². The summed E-state index contributed by atoms with van der Waals surface area (Å²) >= 11 is 0. The van der Waals surface area contributed by atoms with Gasteiger partial charge in [0.25, 0.3) is 0 Å². The topological polar surface area (TPSA) is 186 Å². The van der Waals surface area contributed by atoms with E-state index in [1.54, 1.807) is 0 Å². The summed E-state index contributed by atoms with van der Waals surface area (Å²) in [4.78, 5) is 23.7. The highest BCUT2D eigenvalue weighted by Gasteiger charge is 2.37. The third-order valence-corrected chi connectivity index (χ3v) is 5.16. The number of benzene rings is 3. The number of carbonyl (C=O) groups excluding carboxylic acids is 1. The molecule has 11 nitrogen and oxygen atoms in total. The van der Waals surface area contributed by atoms with Gasteiger partial charge in [0.05, 0.1) is 5.56 Å². The Labute approximate surface area is 185 Å². The minimum absolute atomic E-state index is 0.0750. The molecule has 0 radical (unpaired) electrons. The fourth-order valence-electron chi connectivity index (χ4n) is 3.53. The summed E-state index contributed by atoms with van der Waals surface area (Å²) in [5.74, 6) is -4.31. The number of rotatable bonds is 4. The van der Waals surface area contributed by atoms with E-state index in [9.17, 15) is 40.3 Å². The summed E-state index contributed by atoms with van der Waals surface area (Å²) in [5.41, 5.74) is 0.166. The maximum absolute atomic E-state index is 12.7. The molecule has 0 amide bonds. The summed E-state index contributed by atoms with van der Waals surface area (Å²) in [6.45, 7) is 0. The van der Waals surface area contributed by atoms with Crippen LogP contribution in [0.4, 0.5) is 5.69 Å². The Morgan fingerprint density at radius 1 is 0.879 bits per heavy atom. The first-order chi connectivity index (χ1) is 15.7. The summed E-state index contributed by atoms with van der Waals surface area (Å²) < 4.78 is 11.4. The molecule has 0 aliphatic carbocycles. The second-order valence-corrected chi connectivity index (χ2v) is 7.33. The molecule has 170 valence electrons. The standard InChI is InChI=1S/C22H17NO10/c24-13-2-1-9(3-15(13)26)21-19(8-12-14(25)6-11(23-31)7-18(12)32-21)33-22(30)10-4-16(27)20(29)17(28)5-10/h1-7,19,21,24-29H,8H2/t19-,21-/m1/s1. The van der Waals surface area contributed by atoms with Crippen molar-refractivity contribution in [3.8, 4) is 40.2 Å². The predicted octanol–water partition coefficient (Wildman–Crippen LogP) is 3.22. The molecule has 0 spiro atoms. The Morgan fingerprint density at radius 2 is 1.58 bits per heavy atom. The maximum atomic E-state index is 12.7. The van der Waals surface area contributed by atoms with Gasteiger partial charge >= 0.3 is 5.97 Å². The van der Waals surface area contributed by atoms with E-state index in [1.807, 2.05) is 0 Å². The molecule has 0 fully saturated rings. The molecule has 4 rings (SSSR count). The average molecular weight is 455 g/mol. The SMILES string of the molecule is O=Nc1cc(O)c2c(c1)O[C@H](c1ccc(O)c(O)c1)[C@H](OC(=O)c1cc(O)c(O)c(O)c1)C2. The number of nitrogens with zero attached hydrogens (tertiary/aromatic N) is 1. The molecular formula is C22H17NO10. The minimum atomic E-state index is -1.09. The van der Waals surface area contributed by atoms with Crippen molar-refractivity contribution in [2.75, 3.05) is 0 Å². The zero-order chi connectivity index (χ0) is 23.9. The van der Waals surface area contributed by atoms with E-state index in [4.69, 9.17) is 9.47 Å². The van der Waals surface area contributed by atoms with Gasteiger partial charge in [-0.1, -0.05) is 6.07 Å². The molecule has 6 N–H and O–H groups in total. The summed E-state index contributed by atoms with van der Waals surface area (Å²) in [6, 6.07) is 8.04. The van der Waals surface area contributed by atoms with Crippen LogP contribution in [0.2, 0.25) is 0 Å². The van der Waals surface area contributed by atoms with E-state index >= 15 is 0 Å². The molecule has 1 aliphatic rings. The van der Waals surface area contributed by atoms with Crippen molar-refractivity contribution >= 4 is 11.7 Å². The Hall–Kier alpha value is -4.67. The molecule has 0 unspecified atom stereocenters. The van der Waals surface area contributed by atoms with Gasteiger partial charge in [0.1, 0.15) is 23.3 Å². The monoisotopic (exact) mass is 455 g/mol. The second-order valence-electron chi connectivity index (χ2n) is 7.33. The normalized spacial score (nSPS) is 17.0. The number of hydrogen-bond acceptors (Lipinski definition) is 11. The van der Waals surface area contributed by atoms with Crippen molar-refractivity contribution in [2.24, 2.45) is 5.18 Å². The first-order valence-electron chi connectivity index (χ1n) is 9.51. The number of ether oxygens (including phenoxy) is 2. The molecule has 1 aliphatic heterocycles. The summed E-state index contributed by atoms with van der Waals surface area (Å²) in [6.07, 6.45) is -2.21. The average Bonchev–Trinajstić information content (AvgIpc) is 2.78. The molecule has 3 aromatic rings. The van der Waals surface area contributed by atoms with E-state index in [0.717, 1.165) is 18.2 Å². The minimum Gasteiger partial charge on any atom is -0.507 e. The lowest BCUT2D eigenvalue weighted by atomic mass is 9.93. The maximum Gasteiger partial charge on any atom is 0.338 e. The van der Waals surface area contributed by atoms with Crippen LogP contribution >= 0.6 is 0 Å². The van der Waals surface area contributed by atoms with Crippen LogP contribution in [-0.4, -0.2) is 42.7 Å². The quantitative estimate of drug-likeness (QED) is 0.194. The zero-order valence-electron chi connectivity index (χ0n) is 16.7. The molecule has 0 saturated heterocycles. The number of phenolic OH excluding ortho intramolecular Hbond substituents is 6. The van der Waals surface area contributed by atoms with Gasteiger partial charge in [-0.3, -0.25) is 0 Å². The van der Waals surface area contributed by atoms with Gasteiger partial charge in [0.15, 0.2) is 34.9 Å². The molecule has 3 aromatic carbocycles. The van der Waals surface area contributed by atoms with Crippen LogP contribution in [0.15, 0.2) is 47.6 Å². The van der Waals surface area contributed by atoms with Crippen LogP contribution in [0.3, 0.4) is 0 Å². The molecule has 0 aromatic heterocycles. The molecule has 2 atom stereocenters. The van der Waals surface area contributed by atoms with Gasteiger partial charge in [0, 0.05) is 29.7 Å². The lowest BCUT2D eigenvalue weighted by molar-refractivity contribution is -0.0187. The second kappa shape index (κ2) is 8.11. The Bertz CT molecular complexity index is 1250. The Morgan fingerprint density at radius 3 is 2.21 bits per heavy atom. The number of phenols is 6. The van der Waals surface area contributed by atoms with E-state index < -0.39 is 41.2 Å². The Balaban J connectivity index is 1.73. The molecule has 1 heterocycles. The first kappa shape index (κ1) is 21.6. The van der Waals surface area contributed by atoms with E-state index in [0.29, 0.717) is 5.56 Å². The van der Waals surface area contributed by atoms with Crippen molar-refractivity contribution < 1.29 is 44.9 Å². The van der Waals surface area contributed by atoms with Gasteiger partial charge < -0.3 is 40.1 Å². The van der Waals surface area contributed by atoms with Gasteiger partial charge in [-0.05, 0) is 29.4 Å². The van der Waals surface area contributed by atoms with E-state index in [1.165, 1.54) is 24.3 Å². The van der Waals surface area contributed by atoms with Crippen LogP contribution in [0.5, 0.6) is 40.2 Å². The molecule has 11 heteroatoms. The number of hydrogen-bond donors (Lipinski definition) is 6. The lowest BCUT2D eigenvalue weighted by Crippen LogP contribution is -2.34. The third kappa shape index (κ3) is 3.99. The number of aromatic hydroxyl groups is 6. The smallest absolute Gasteiger partial charge is 0.338 e. The molecular weight excluding hydrogens is 438 g/mol. The van der Waals surface area contributed by atoms with Crippen LogP contribution < -0.4 is 4.74 Å². The van der Waals surface area contributed by atoms with Crippen LogP contribution in [-0.2, 0) is 11.2 Å². The summed E-state index contributed by atoms with van der Waals surface area (Å²) in [5, 5.41) is 61.4. The number of carbonyl (C=O) groups is 1. The highest BCUT2D eigenvalue weighted by Crippen LogP contribution is 2.44. The molecule has 0 bridgehead atoms. The van der Waals surface area contributed by atoms with Crippen LogP contribution in [0.1, 0.15) is 27.6 Å². The molecule has 33 heavy (non-hydrogen) atoms. The zero-order valence-corrected chi connectivity index (χ0v) is 16.7. The van der Waals surface area contributed by atoms with Crippen LogP contribution in [0, 0.1) is 4.91 Å². The fourth-order valence-corrected chi connectivity index (χ4v) is 3.53. The van der Waals surface area contributed by atoms with Gasteiger partial charge in [-0.15, -0.1) is 4.91 Å². The number of nitroso groups, excluding NO2 is 1. The van der Waals surface area contributed by atoms with E-state index in [2.05, 4.69) is 5.18 Å². The first-order valence-corrected chi connectivity index (χ1v) is 9.51.